The van der Waals surface area contributed by atoms with Crippen LogP contribution in [0.2, 0.25) is 0 Å². The molecule has 1 aliphatic heterocycles. The number of carbonyl (C=O) groups is 2. The van der Waals surface area contributed by atoms with Gasteiger partial charge in [-0.1, -0.05) is 0 Å². The number of alkyl carbamates (subject to hydrolysis) is 1. The van der Waals surface area contributed by atoms with Crippen molar-refractivity contribution in [3.63, 3.8) is 0 Å². The Bertz CT molecular complexity index is 465. The molecule has 0 aliphatic carbocycles. The fourth-order valence-electron chi connectivity index (χ4n) is 2.37. The monoisotopic (exact) mass is 469 g/mol. The fourth-order valence-corrected chi connectivity index (χ4v) is 2.37. The van der Waals surface area contributed by atoms with E-state index in [9.17, 15) is 9.59 Å². The van der Waals surface area contributed by atoms with Crippen LogP contribution in [0.5, 0.6) is 0 Å². The molecule has 1 atom stereocenters. The summed E-state index contributed by atoms with van der Waals surface area (Å²) < 4.78 is 5.28. The van der Waals surface area contributed by atoms with Gasteiger partial charge in [0.25, 0.3) is 0 Å². The van der Waals surface area contributed by atoms with Crippen LogP contribution in [0.15, 0.2) is 4.99 Å². The van der Waals surface area contributed by atoms with E-state index in [1.54, 1.807) is 0 Å². The summed E-state index contributed by atoms with van der Waals surface area (Å²) in [6.07, 6.45) is 0.406. The lowest BCUT2D eigenvalue weighted by Crippen LogP contribution is -2.44. The number of nitrogens with one attached hydrogen (secondary N) is 3. The van der Waals surface area contributed by atoms with E-state index >= 15 is 0 Å². The zero-order chi connectivity index (χ0) is 18.2. The lowest BCUT2D eigenvalue weighted by molar-refractivity contribution is -0.119. The molecule has 146 valence electrons. The Morgan fingerprint density at radius 2 is 1.84 bits per heavy atom. The van der Waals surface area contributed by atoms with Gasteiger partial charge in [-0.25, -0.2) is 9.79 Å². The number of aliphatic imine (C=N–C) groups is 1. The molecule has 0 saturated carbocycles. The van der Waals surface area contributed by atoms with Crippen molar-refractivity contribution in [1.82, 2.24) is 20.9 Å². The fraction of sp³-hybridized carbons (Fsp3) is 0.812. The number of hydrogen-bond acceptors (Lipinski definition) is 4. The van der Waals surface area contributed by atoms with Crippen molar-refractivity contribution in [3.8, 4) is 0 Å². The molecule has 1 aliphatic rings. The molecule has 25 heavy (non-hydrogen) atoms. The molecule has 9 heteroatoms. The number of likely N-dealkylation sites (tertiary alicyclic amines) is 1. The predicted molar refractivity (Wildman–Crippen MR) is 109 cm³/mol. The van der Waals surface area contributed by atoms with Gasteiger partial charge in [-0.3, -0.25) is 4.79 Å². The molecule has 0 spiro atoms. The first-order chi connectivity index (χ1) is 11.2. The normalized spacial score (nSPS) is 17.6. The topological polar surface area (TPSA) is 95.1 Å². The van der Waals surface area contributed by atoms with E-state index < -0.39 is 11.7 Å². The highest BCUT2D eigenvalue weighted by Gasteiger charge is 2.27. The van der Waals surface area contributed by atoms with Gasteiger partial charge in [-0.2, -0.15) is 0 Å². The van der Waals surface area contributed by atoms with Gasteiger partial charge >= 0.3 is 6.09 Å². The Labute approximate surface area is 167 Å². The molecule has 1 fully saturated rings. The number of hydrogen-bond donors (Lipinski definition) is 3. The van der Waals surface area contributed by atoms with E-state index in [0.717, 1.165) is 19.5 Å². The minimum Gasteiger partial charge on any atom is -0.444 e. The van der Waals surface area contributed by atoms with E-state index in [2.05, 4.69) is 20.9 Å². The number of carbonyl (C=O) groups excluding carboxylic acids is 2. The minimum absolute atomic E-state index is 0. The van der Waals surface area contributed by atoms with Gasteiger partial charge in [0.2, 0.25) is 5.91 Å². The molecule has 0 aromatic carbocycles. The molecule has 1 saturated heterocycles. The van der Waals surface area contributed by atoms with Gasteiger partial charge in [0, 0.05) is 26.2 Å². The van der Waals surface area contributed by atoms with Crippen molar-refractivity contribution in [2.24, 2.45) is 4.99 Å². The number of amides is 2. The van der Waals surface area contributed by atoms with E-state index in [1.807, 2.05) is 39.5 Å². The second-order valence-electron chi connectivity index (χ2n) is 6.70. The van der Waals surface area contributed by atoms with Crippen LogP contribution in [-0.4, -0.2) is 67.2 Å². The summed E-state index contributed by atoms with van der Waals surface area (Å²) in [5, 5.41) is 8.79. The van der Waals surface area contributed by atoms with Gasteiger partial charge in [0.05, 0.1) is 6.04 Å². The van der Waals surface area contributed by atoms with E-state index in [1.165, 1.54) is 0 Å². The summed E-state index contributed by atoms with van der Waals surface area (Å²) in [6, 6.07) is 0.00757. The molecule has 0 aromatic heterocycles. The Morgan fingerprint density at radius 1 is 1.20 bits per heavy atom. The molecule has 1 heterocycles. The Morgan fingerprint density at radius 3 is 2.40 bits per heavy atom. The summed E-state index contributed by atoms with van der Waals surface area (Å²) >= 11 is 0. The molecule has 0 aromatic rings. The van der Waals surface area contributed by atoms with Gasteiger partial charge < -0.3 is 25.6 Å². The second-order valence-corrected chi connectivity index (χ2v) is 6.70. The summed E-state index contributed by atoms with van der Waals surface area (Å²) in [6.45, 7) is 12.2. The molecular weight excluding hydrogens is 437 g/mol. The highest BCUT2D eigenvalue weighted by atomic mass is 127. The van der Waals surface area contributed by atoms with E-state index in [-0.39, 0.29) is 42.5 Å². The highest BCUT2D eigenvalue weighted by molar-refractivity contribution is 14.0. The largest absolute Gasteiger partial charge is 0.444 e. The number of likely N-dealkylation sites (N-methyl/N-ethyl adjacent to an activating group) is 1. The van der Waals surface area contributed by atoms with Gasteiger partial charge in [0.1, 0.15) is 12.1 Å². The predicted octanol–water partition coefficient (Wildman–Crippen LogP) is 1.31. The van der Waals surface area contributed by atoms with Crippen LogP contribution >= 0.6 is 24.0 Å². The maximum Gasteiger partial charge on any atom is 0.407 e. The van der Waals surface area contributed by atoms with Crippen LogP contribution < -0.4 is 16.0 Å². The summed E-state index contributed by atoms with van der Waals surface area (Å²) in [7, 11) is 0. The SMILES string of the molecule is CCNC(=O)CN=C(NCC)N1CCC(NC(=O)OC(C)(C)C)C1.I. The Kier molecular flexibility index (Phi) is 10.8. The van der Waals surface area contributed by atoms with Crippen molar-refractivity contribution < 1.29 is 14.3 Å². The number of ether oxygens (including phenoxy) is 1. The number of halogens is 1. The summed E-state index contributed by atoms with van der Waals surface area (Å²) in [4.78, 5) is 29.8. The van der Waals surface area contributed by atoms with Crippen LogP contribution in [0.3, 0.4) is 0 Å². The molecule has 1 unspecified atom stereocenters. The third-order valence-electron chi connectivity index (χ3n) is 3.29. The third kappa shape index (κ3) is 9.71. The molecule has 0 bridgehead atoms. The van der Waals surface area contributed by atoms with Gasteiger partial charge in [-0.05, 0) is 41.0 Å². The molecular formula is C16H32IN5O3. The molecule has 0 radical (unpaired) electrons. The maximum absolute atomic E-state index is 11.9. The maximum atomic E-state index is 11.9. The number of guanidine groups is 1. The number of rotatable bonds is 5. The lowest BCUT2D eigenvalue weighted by atomic mass is 10.2. The number of nitrogens with zero attached hydrogens (tertiary/aromatic N) is 2. The van der Waals surface area contributed by atoms with Gasteiger partial charge in [-0.15, -0.1) is 24.0 Å². The van der Waals surface area contributed by atoms with Crippen molar-refractivity contribution in [2.45, 2.75) is 52.7 Å². The summed E-state index contributed by atoms with van der Waals surface area (Å²) in [5.74, 6) is 0.591. The van der Waals surface area contributed by atoms with Crippen LogP contribution in [-0.2, 0) is 9.53 Å². The zero-order valence-corrected chi connectivity index (χ0v) is 18.2. The first-order valence-corrected chi connectivity index (χ1v) is 8.54. The van der Waals surface area contributed by atoms with Gasteiger partial charge in [0.15, 0.2) is 5.96 Å². The lowest BCUT2D eigenvalue weighted by Gasteiger charge is -2.23. The van der Waals surface area contributed by atoms with E-state index in [4.69, 9.17) is 4.74 Å². The van der Waals surface area contributed by atoms with Crippen LogP contribution in [0.25, 0.3) is 0 Å². The molecule has 2 amide bonds. The second kappa shape index (κ2) is 11.4. The van der Waals surface area contributed by atoms with E-state index in [0.29, 0.717) is 19.0 Å². The average Bonchev–Trinajstić information content (AvgIpc) is 2.89. The highest BCUT2D eigenvalue weighted by Crippen LogP contribution is 2.12. The van der Waals surface area contributed by atoms with Crippen LogP contribution in [0.1, 0.15) is 41.0 Å². The average molecular weight is 469 g/mol. The smallest absolute Gasteiger partial charge is 0.407 e. The van der Waals surface area contributed by atoms with Crippen LogP contribution in [0.4, 0.5) is 4.79 Å². The standard InChI is InChI=1S/C16H31N5O3.HI/c1-6-17-13(22)10-19-14(18-7-2)21-9-8-12(11-21)20-15(23)24-16(3,4)5;/h12H,6-11H2,1-5H3,(H,17,22)(H,18,19)(H,20,23);1H. The first-order valence-electron chi connectivity index (χ1n) is 8.54. The van der Waals surface area contributed by atoms with Crippen molar-refractivity contribution in [2.75, 3.05) is 32.7 Å². The molecule has 3 N–H and O–H groups in total. The quantitative estimate of drug-likeness (QED) is 0.321. The Balaban J connectivity index is 0.00000576. The van der Waals surface area contributed by atoms with Crippen molar-refractivity contribution in [3.05, 3.63) is 0 Å². The first kappa shape index (κ1) is 23.7. The molecule has 1 rings (SSSR count). The van der Waals surface area contributed by atoms with Crippen LogP contribution in [0, 0.1) is 0 Å². The Hall–Kier alpha value is -1.26. The zero-order valence-electron chi connectivity index (χ0n) is 15.8. The third-order valence-corrected chi connectivity index (χ3v) is 3.29. The van der Waals surface area contributed by atoms with Crippen molar-refractivity contribution >= 4 is 41.9 Å². The summed E-state index contributed by atoms with van der Waals surface area (Å²) in [5.41, 5.74) is -0.509. The molecule has 8 nitrogen and oxygen atoms in total. The van der Waals surface area contributed by atoms with Crippen molar-refractivity contribution in [1.29, 1.82) is 0 Å². The minimum atomic E-state index is -0.509.